The number of hydrogen-bond donors (Lipinski definition) is 5. The molecule has 0 radical (unpaired) electrons. The van der Waals surface area contributed by atoms with Crippen LogP contribution < -0.4 is 21.1 Å². The maximum Gasteiger partial charge on any atom is 0.452 e. The van der Waals surface area contributed by atoms with Crippen molar-refractivity contribution in [3.05, 3.63) is 89.5 Å². The van der Waals surface area contributed by atoms with E-state index in [0.717, 1.165) is 28.1 Å². The summed E-state index contributed by atoms with van der Waals surface area (Å²) in [5, 5.41) is 10.6. The molecule has 1 aliphatic rings. The molecule has 11 nitrogen and oxygen atoms in total. The van der Waals surface area contributed by atoms with Crippen molar-refractivity contribution >= 4 is 34.6 Å². The van der Waals surface area contributed by atoms with Gasteiger partial charge in [-0.3, -0.25) is 15.2 Å². The van der Waals surface area contributed by atoms with Crippen LogP contribution in [0, 0.1) is 12.3 Å². The maximum atomic E-state index is 13.0. The van der Waals surface area contributed by atoms with Gasteiger partial charge in [0.05, 0.1) is 17.6 Å². The van der Waals surface area contributed by atoms with Crippen LogP contribution in [0.5, 0.6) is 0 Å². The van der Waals surface area contributed by atoms with Crippen LogP contribution in [0.15, 0.2) is 66.9 Å². The van der Waals surface area contributed by atoms with Crippen molar-refractivity contribution in [2.75, 3.05) is 19.7 Å². The monoisotopic (exact) mass is 541 g/mol. The van der Waals surface area contributed by atoms with E-state index in [0.29, 0.717) is 43.6 Å². The first-order valence-electron chi connectivity index (χ1n) is 13.3. The van der Waals surface area contributed by atoms with E-state index >= 15 is 0 Å². The molecular formula is C29H33N8O3+. The molecule has 2 aromatic carbocycles. The number of H-pyrrole nitrogens is 1. The van der Waals surface area contributed by atoms with Crippen LogP contribution in [0.1, 0.15) is 40.3 Å². The molecule has 1 aliphatic heterocycles. The SMILES string of the molecule is Cc1nc2ccc([N+]3(NC(=O)OCCc4ccc(C(=N)N)cc4)CCC(NC(=O)c4ccccn4)CC3)cc2[nH]1. The molecule has 3 heterocycles. The molecule has 0 spiro atoms. The Bertz CT molecular complexity index is 1510. The number of ether oxygens (including phenoxy) is 1. The molecule has 1 fully saturated rings. The molecule has 2 aromatic heterocycles. The molecule has 2 amide bonds. The number of amides is 2. The van der Waals surface area contributed by atoms with E-state index < -0.39 is 6.09 Å². The van der Waals surface area contributed by atoms with E-state index in [2.05, 4.69) is 25.7 Å². The molecule has 4 aromatic rings. The summed E-state index contributed by atoms with van der Waals surface area (Å²) in [7, 11) is 0. The molecule has 0 saturated carbocycles. The first-order valence-corrected chi connectivity index (χ1v) is 13.3. The molecular weight excluding hydrogens is 508 g/mol. The number of rotatable bonds is 8. The van der Waals surface area contributed by atoms with Gasteiger partial charge in [-0.15, -0.1) is 0 Å². The molecule has 1 saturated heterocycles. The molecule has 11 heteroatoms. The predicted octanol–water partition coefficient (Wildman–Crippen LogP) is 3.33. The van der Waals surface area contributed by atoms with Gasteiger partial charge in [0, 0.05) is 49.2 Å². The number of amidine groups is 1. The van der Waals surface area contributed by atoms with E-state index in [9.17, 15) is 9.59 Å². The third kappa shape index (κ3) is 6.10. The highest BCUT2D eigenvalue weighted by molar-refractivity contribution is 5.95. The van der Waals surface area contributed by atoms with Crippen LogP contribution in [0.2, 0.25) is 0 Å². The lowest BCUT2D eigenvalue weighted by atomic mass is 10.0. The van der Waals surface area contributed by atoms with Gasteiger partial charge in [-0.05, 0) is 30.7 Å². The Labute approximate surface area is 231 Å². The molecule has 6 N–H and O–H groups in total. The van der Waals surface area contributed by atoms with Crippen LogP contribution in [0.25, 0.3) is 11.0 Å². The standard InChI is InChI=1S/C29H32N8O3/c1-19-33-24-10-9-23(18-26(24)34-19)37(15-11-22(12-16-37)35-28(38)25-4-2-3-14-32-25)36-29(39)40-17-13-20-5-7-21(8-6-20)27(30)31/h2-10,14,18,22H,11-13,15-17H2,1H3,(H5-,30,31,33,34,35,36,38,39)/p+1. The summed E-state index contributed by atoms with van der Waals surface area (Å²) in [6.45, 7) is 3.23. The highest BCUT2D eigenvalue weighted by atomic mass is 16.6. The van der Waals surface area contributed by atoms with Crippen molar-refractivity contribution in [3.8, 4) is 0 Å². The summed E-state index contributed by atoms with van der Waals surface area (Å²) < 4.78 is 5.77. The number of aromatic nitrogens is 3. The van der Waals surface area contributed by atoms with Gasteiger partial charge in [0.25, 0.3) is 5.91 Å². The number of fused-ring (bicyclic) bond motifs is 1. The average molecular weight is 542 g/mol. The lowest BCUT2D eigenvalue weighted by molar-refractivity contribution is 0.0817. The zero-order valence-corrected chi connectivity index (χ0v) is 22.3. The van der Waals surface area contributed by atoms with Crippen molar-refractivity contribution in [3.63, 3.8) is 0 Å². The molecule has 40 heavy (non-hydrogen) atoms. The number of pyridine rings is 1. The number of aryl methyl sites for hydroxylation is 1. The number of carbonyl (C=O) groups excluding carboxylic acids is 2. The molecule has 5 rings (SSSR count). The van der Waals surface area contributed by atoms with Gasteiger partial charge in [0.2, 0.25) is 0 Å². The number of nitrogens with zero attached hydrogens (tertiary/aromatic N) is 3. The molecule has 206 valence electrons. The van der Waals surface area contributed by atoms with E-state index in [-0.39, 0.29) is 29.0 Å². The summed E-state index contributed by atoms with van der Waals surface area (Å²) in [5.41, 5.74) is 13.3. The van der Waals surface area contributed by atoms with Crippen LogP contribution in [-0.4, -0.2) is 58.5 Å². The van der Waals surface area contributed by atoms with Crippen LogP contribution in [0.4, 0.5) is 10.5 Å². The first kappa shape index (κ1) is 26.8. The van der Waals surface area contributed by atoms with Crippen LogP contribution in [0.3, 0.4) is 0 Å². The van der Waals surface area contributed by atoms with Crippen LogP contribution >= 0.6 is 0 Å². The van der Waals surface area contributed by atoms with Crippen molar-refractivity contribution in [2.45, 2.75) is 32.2 Å². The average Bonchev–Trinajstić information content (AvgIpc) is 3.34. The fourth-order valence-corrected chi connectivity index (χ4v) is 5.05. The quantitative estimate of drug-likeness (QED) is 0.131. The Kier molecular flexibility index (Phi) is 7.74. The predicted molar refractivity (Wildman–Crippen MR) is 153 cm³/mol. The minimum Gasteiger partial charge on any atom is -0.446 e. The minimum absolute atomic E-state index is 0.0136. The number of imidazole rings is 1. The maximum absolute atomic E-state index is 13.0. The minimum atomic E-state index is -0.516. The summed E-state index contributed by atoms with van der Waals surface area (Å²) in [6, 6.07) is 18.4. The number of nitrogen functional groups attached to an aromatic ring is 1. The van der Waals surface area contributed by atoms with Gasteiger partial charge in [-0.2, -0.15) is 10.0 Å². The normalized spacial score (nSPS) is 18.7. The number of nitrogens with two attached hydrogens (primary N) is 1. The highest BCUT2D eigenvalue weighted by Crippen LogP contribution is 2.29. The molecule has 0 aliphatic carbocycles. The zero-order valence-electron chi connectivity index (χ0n) is 22.3. The Morgan fingerprint density at radius 1 is 1.12 bits per heavy atom. The second-order valence-corrected chi connectivity index (χ2v) is 10.0. The largest absolute Gasteiger partial charge is 0.452 e. The third-order valence-corrected chi connectivity index (χ3v) is 7.22. The third-order valence-electron chi connectivity index (χ3n) is 7.22. The van der Waals surface area contributed by atoms with Crippen molar-refractivity contribution in [2.24, 2.45) is 5.73 Å². The smallest absolute Gasteiger partial charge is 0.446 e. The van der Waals surface area contributed by atoms with Crippen molar-refractivity contribution in [1.29, 1.82) is 5.41 Å². The Morgan fingerprint density at radius 2 is 1.90 bits per heavy atom. The van der Waals surface area contributed by atoms with Gasteiger partial charge in [-0.1, -0.05) is 30.3 Å². The summed E-state index contributed by atoms with van der Waals surface area (Å²) >= 11 is 0. The number of carbonyl (C=O) groups is 2. The number of hydrogen-bond acceptors (Lipinski definition) is 6. The number of quaternary nitrogens is 1. The lowest BCUT2D eigenvalue weighted by Crippen LogP contribution is -2.66. The number of aromatic amines is 1. The van der Waals surface area contributed by atoms with E-state index in [1.165, 1.54) is 0 Å². The van der Waals surface area contributed by atoms with Crippen molar-refractivity contribution < 1.29 is 14.3 Å². The summed E-state index contributed by atoms with van der Waals surface area (Å²) in [4.78, 5) is 37.6. The Hall–Kier alpha value is -4.77. The molecule has 0 unspecified atom stereocenters. The Balaban J connectivity index is 1.27. The highest BCUT2D eigenvalue weighted by Gasteiger charge is 2.40. The van der Waals surface area contributed by atoms with Gasteiger partial charge >= 0.3 is 6.09 Å². The summed E-state index contributed by atoms with van der Waals surface area (Å²) in [5.74, 6) is 0.627. The summed E-state index contributed by atoms with van der Waals surface area (Å²) in [6.07, 6.45) is 2.93. The molecule has 0 bridgehead atoms. The number of piperidine rings is 1. The fourth-order valence-electron chi connectivity index (χ4n) is 5.05. The lowest BCUT2D eigenvalue weighted by Gasteiger charge is -2.41. The second kappa shape index (κ2) is 11.5. The second-order valence-electron chi connectivity index (χ2n) is 10.0. The van der Waals surface area contributed by atoms with Gasteiger partial charge in [0.15, 0.2) is 5.69 Å². The van der Waals surface area contributed by atoms with E-state index in [1.54, 1.807) is 36.5 Å². The van der Waals surface area contributed by atoms with Gasteiger partial charge in [-0.25, -0.2) is 9.78 Å². The molecule has 0 atom stereocenters. The number of benzene rings is 2. The Morgan fingerprint density at radius 3 is 2.60 bits per heavy atom. The van der Waals surface area contributed by atoms with Gasteiger partial charge < -0.3 is 20.8 Å². The van der Waals surface area contributed by atoms with Gasteiger partial charge in [0.1, 0.15) is 30.4 Å². The topological polar surface area (TPSA) is 159 Å². The van der Waals surface area contributed by atoms with E-state index in [4.69, 9.17) is 15.9 Å². The van der Waals surface area contributed by atoms with E-state index in [1.807, 2.05) is 37.3 Å². The fraction of sp³-hybridized carbons (Fsp3) is 0.276. The number of nitrogens with one attached hydrogen (secondary N) is 4. The van der Waals surface area contributed by atoms with Crippen molar-refractivity contribution in [1.82, 2.24) is 30.3 Å². The zero-order chi connectivity index (χ0) is 28.1. The first-order chi connectivity index (χ1) is 19.3. The van der Waals surface area contributed by atoms with Crippen LogP contribution in [-0.2, 0) is 11.2 Å².